The highest BCUT2D eigenvalue weighted by molar-refractivity contribution is 7.10. The van der Waals surface area contributed by atoms with Crippen LogP contribution in [0.4, 0.5) is 13.2 Å². The van der Waals surface area contributed by atoms with E-state index in [1.165, 1.54) is 11.3 Å². The van der Waals surface area contributed by atoms with Crippen LogP contribution in [-0.2, 0) is 4.74 Å². The maximum Gasteiger partial charge on any atom is 0.411 e. The molecule has 92 valence electrons. The maximum absolute atomic E-state index is 11.7. The monoisotopic (exact) mass is 254 g/mol. The van der Waals surface area contributed by atoms with Crippen LogP contribution >= 0.6 is 11.3 Å². The number of aliphatic hydroxyl groups excluding tert-OH is 1. The Morgan fingerprint density at radius 2 is 2.19 bits per heavy atom. The van der Waals surface area contributed by atoms with Crippen LogP contribution in [0, 0.1) is 6.92 Å². The Kier molecular flexibility index (Phi) is 4.76. The number of hydrogen-bond donors (Lipinski definition) is 1. The molecule has 1 heterocycles. The van der Waals surface area contributed by atoms with Crippen LogP contribution in [-0.4, -0.2) is 24.5 Å². The number of aliphatic hydroxyl groups is 1. The lowest BCUT2D eigenvalue weighted by Gasteiger charge is -2.11. The van der Waals surface area contributed by atoms with Gasteiger partial charge in [0.05, 0.1) is 6.10 Å². The molecular weight excluding hydrogens is 241 g/mol. The maximum atomic E-state index is 11.7. The zero-order chi connectivity index (χ0) is 12.2. The van der Waals surface area contributed by atoms with Gasteiger partial charge in [-0.3, -0.25) is 0 Å². The van der Waals surface area contributed by atoms with Gasteiger partial charge in [0, 0.05) is 17.9 Å². The number of thiophene rings is 1. The van der Waals surface area contributed by atoms with Gasteiger partial charge in [0.25, 0.3) is 0 Å². The van der Waals surface area contributed by atoms with Crippen LogP contribution in [0.1, 0.15) is 23.0 Å². The molecular formula is C10H13F3O2S. The van der Waals surface area contributed by atoms with Gasteiger partial charge in [-0.05, 0) is 23.9 Å². The van der Waals surface area contributed by atoms with Crippen LogP contribution in [0.15, 0.2) is 11.4 Å². The van der Waals surface area contributed by atoms with E-state index in [0.29, 0.717) is 0 Å². The van der Waals surface area contributed by atoms with Crippen molar-refractivity contribution >= 4 is 11.3 Å². The summed E-state index contributed by atoms with van der Waals surface area (Å²) in [6, 6.07) is 1.77. The van der Waals surface area contributed by atoms with Gasteiger partial charge in [-0.1, -0.05) is 0 Å². The summed E-state index contributed by atoms with van der Waals surface area (Å²) >= 11 is 1.50. The third kappa shape index (κ3) is 4.51. The molecule has 0 aliphatic heterocycles. The molecule has 0 bridgehead atoms. The first-order valence-corrected chi connectivity index (χ1v) is 5.64. The van der Waals surface area contributed by atoms with E-state index in [2.05, 4.69) is 4.74 Å². The van der Waals surface area contributed by atoms with Crippen molar-refractivity contribution in [2.45, 2.75) is 25.6 Å². The van der Waals surface area contributed by atoms with Crippen LogP contribution in [0.5, 0.6) is 0 Å². The second-order valence-electron chi connectivity index (χ2n) is 3.40. The van der Waals surface area contributed by atoms with Gasteiger partial charge >= 0.3 is 6.18 Å². The molecule has 1 atom stereocenters. The van der Waals surface area contributed by atoms with E-state index in [4.69, 9.17) is 0 Å². The third-order valence-corrected chi connectivity index (χ3v) is 2.92. The Balaban J connectivity index is 2.26. The molecule has 2 nitrogen and oxygen atoms in total. The van der Waals surface area contributed by atoms with E-state index in [9.17, 15) is 18.3 Å². The lowest BCUT2D eigenvalue weighted by molar-refractivity contribution is -0.175. The van der Waals surface area contributed by atoms with Crippen molar-refractivity contribution < 1.29 is 23.0 Å². The van der Waals surface area contributed by atoms with E-state index in [-0.39, 0.29) is 13.0 Å². The summed E-state index contributed by atoms with van der Waals surface area (Å²) < 4.78 is 39.6. The predicted octanol–water partition coefficient (Wildman–Crippen LogP) is 3.06. The number of halogens is 3. The minimum absolute atomic E-state index is 0.101. The molecule has 1 unspecified atom stereocenters. The fourth-order valence-corrected chi connectivity index (χ4v) is 2.04. The molecule has 0 saturated carbocycles. The average molecular weight is 254 g/mol. The smallest absolute Gasteiger partial charge is 0.388 e. The Bertz CT molecular complexity index is 322. The summed E-state index contributed by atoms with van der Waals surface area (Å²) in [4.78, 5) is 0.975. The van der Waals surface area contributed by atoms with Gasteiger partial charge in [0.1, 0.15) is 6.61 Å². The van der Waals surface area contributed by atoms with Crippen molar-refractivity contribution in [1.29, 1.82) is 0 Å². The Morgan fingerprint density at radius 3 is 2.69 bits per heavy atom. The molecule has 16 heavy (non-hydrogen) atoms. The van der Waals surface area contributed by atoms with Crippen molar-refractivity contribution in [2.24, 2.45) is 0 Å². The highest BCUT2D eigenvalue weighted by Crippen LogP contribution is 2.25. The van der Waals surface area contributed by atoms with Crippen LogP contribution in [0.3, 0.4) is 0 Å². The Labute approximate surface area is 95.7 Å². The lowest BCUT2D eigenvalue weighted by Crippen LogP contribution is -2.18. The standard InChI is InChI=1S/C10H13F3O2S/c1-7-8(3-5-16-7)9(14)2-4-15-6-10(11,12)13/h3,5,9,14H,2,4,6H2,1H3. The molecule has 0 spiro atoms. The van der Waals surface area contributed by atoms with Gasteiger partial charge in [0.15, 0.2) is 0 Å². The fourth-order valence-electron chi connectivity index (χ4n) is 1.28. The number of aryl methyl sites for hydroxylation is 1. The molecule has 0 aliphatic carbocycles. The van der Waals surface area contributed by atoms with Gasteiger partial charge in [-0.2, -0.15) is 13.2 Å². The summed E-state index contributed by atoms with van der Waals surface area (Å²) in [7, 11) is 0. The molecule has 0 saturated heterocycles. The average Bonchev–Trinajstić information content (AvgIpc) is 2.57. The van der Waals surface area contributed by atoms with Crippen molar-refractivity contribution in [2.75, 3.05) is 13.2 Å². The van der Waals surface area contributed by atoms with Gasteiger partial charge < -0.3 is 9.84 Å². The molecule has 1 N–H and O–H groups in total. The van der Waals surface area contributed by atoms with Crippen LogP contribution < -0.4 is 0 Å². The summed E-state index contributed by atoms with van der Waals surface area (Å²) in [6.07, 6.45) is -4.88. The molecule has 6 heteroatoms. The van der Waals surface area contributed by atoms with Crippen molar-refractivity contribution in [3.63, 3.8) is 0 Å². The summed E-state index contributed by atoms with van der Waals surface area (Å²) in [5.74, 6) is 0. The first-order valence-electron chi connectivity index (χ1n) is 4.76. The molecule has 0 aromatic carbocycles. The molecule has 0 radical (unpaired) electrons. The number of rotatable bonds is 5. The fraction of sp³-hybridized carbons (Fsp3) is 0.600. The quantitative estimate of drug-likeness (QED) is 0.818. The highest BCUT2D eigenvalue weighted by atomic mass is 32.1. The summed E-state index contributed by atoms with van der Waals surface area (Å²) in [5, 5.41) is 11.5. The normalized spacial score (nSPS) is 14.1. The Morgan fingerprint density at radius 1 is 1.50 bits per heavy atom. The van der Waals surface area contributed by atoms with Crippen molar-refractivity contribution in [3.05, 3.63) is 21.9 Å². The summed E-state index contributed by atoms with van der Waals surface area (Å²) in [6.45, 7) is 0.498. The molecule has 0 aliphatic rings. The van der Waals surface area contributed by atoms with E-state index in [1.807, 2.05) is 12.3 Å². The Hall–Kier alpha value is -0.590. The first-order chi connectivity index (χ1) is 7.40. The minimum atomic E-state index is -4.30. The second kappa shape index (κ2) is 5.65. The zero-order valence-electron chi connectivity index (χ0n) is 8.75. The van der Waals surface area contributed by atoms with Gasteiger partial charge in [-0.15, -0.1) is 11.3 Å². The lowest BCUT2D eigenvalue weighted by atomic mass is 10.1. The van der Waals surface area contributed by atoms with E-state index in [0.717, 1.165) is 10.4 Å². The van der Waals surface area contributed by atoms with E-state index in [1.54, 1.807) is 6.07 Å². The van der Waals surface area contributed by atoms with Crippen molar-refractivity contribution in [3.8, 4) is 0 Å². The molecule has 0 fully saturated rings. The van der Waals surface area contributed by atoms with Gasteiger partial charge in [-0.25, -0.2) is 0 Å². The van der Waals surface area contributed by atoms with E-state index < -0.39 is 18.9 Å². The van der Waals surface area contributed by atoms with Crippen LogP contribution in [0.25, 0.3) is 0 Å². The topological polar surface area (TPSA) is 29.5 Å². The predicted molar refractivity (Wildman–Crippen MR) is 55.5 cm³/mol. The van der Waals surface area contributed by atoms with E-state index >= 15 is 0 Å². The SMILES string of the molecule is Cc1sccc1C(O)CCOCC(F)(F)F. The minimum Gasteiger partial charge on any atom is -0.388 e. The number of hydrogen-bond acceptors (Lipinski definition) is 3. The highest BCUT2D eigenvalue weighted by Gasteiger charge is 2.27. The largest absolute Gasteiger partial charge is 0.411 e. The summed E-state index contributed by atoms with van der Waals surface area (Å²) in [5.41, 5.74) is 0.764. The second-order valence-corrected chi connectivity index (χ2v) is 4.52. The molecule has 1 rings (SSSR count). The molecule has 0 amide bonds. The molecule has 1 aromatic heterocycles. The first kappa shape index (κ1) is 13.5. The number of ether oxygens (including phenoxy) is 1. The third-order valence-electron chi connectivity index (χ3n) is 2.06. The van der Waals surface area contributed by atoms with Crippen LogP contribution in [0.2, 0.25) is 0 Å². The van der Waals surface area contributed by atoms with Crippen molar-refractivity contribution in [1.82, 2.24) is 0 Å². The zero-order valence-corrected chi connectivity index (χ0v) is 9.57. The number of alkyl halides is 3. The van der Waals surface area contributed by atoms with Gasteiger partial charge in [0.2, 0.25) is 0 Å². The molecule has 1 aromatic rings.